The standard InChI is InChI=1S/C52H87N6O13P/c1-14-34(6)44(40(69-12)31-41(59)58-29-20-24-39(58)46(70-13)35(7)47(61)54-36(8)45(60)37-21-16-15-17-22-37)56(10)49(63)42(32(2)3)55-48(62)43(33(4)5)57(11)51(65)71-38-23-18-19-26-52(9,27-25-38)50(64)53-28-30-72(66,67)68/h15-18,21-23,32-36,38-40,42-46,60H,14,19-20,24-31H2,1-13H3,(H,53,64)(H,54,61)(H,55,62)(H2,66,67,68)/b23-18+/t34-,35+,36+,38-,39-,40+,42-,43-,44-,45+,46+,52+/m0/s1. The first-order chi connectivity index (χ1) is 33.7. The molecule has 0 bridgehead atoms. The molecule has 1 saturated heterocycles. The van der Waals surface area contributed by atoms with Crippen LogP contribution in [-0.2, 0) is 42.7 Å². The minimum absolute atomic E-state index is 0.0695. The number of nitrogens with one attached hydrogen (secondary N) is 3. The van der Waals surface area contributed by atoms with E-state index in [1.54, 1.807) is 69.7 Å². The third-order valence-electron chi connectivity index (χ3n) is 14.8. The van der Waals surface area contributed by atoms with Crippen LogP contribution in [0.15, 0.2) is 42.5 Å². The van der Waals surface area contributed by atoms with Crippen molar-refractivity contribution in [2.45, 2.75) is 168 Å². The molecule has 1 aromatic rings. The second kappa shape index (κ2) is 28.3. The SMILES string of the molecule is CC[C@H](C)[C@@H]([C@@H](CC(=O)N1CCC[C@H]1[C@H](OC)[C@@H](C)C(=O)N[C@H](C)[C@@H](O)c1ccccc1)OC)N(C)C(=O)[C@@H](NC(=O)[C@H](C(C)C)N(C)C(=O)O[C@H]1/C=C/CC[C@@](C)(C(=O)NCCP(=O)(O)O)CC1)C(C)C. The molecule has 0 spiro atoms. The number of nitrogens with zero attached hydrogens (tertiary/aromatic N) is 3. The smallest absolute Gasteiger partial charge is 0.410 e. The molecule has 72 heavy (non-hydrogen) atoms. The van der Waals surface area contributed by atoms with E-state index in [1.165, 1.54) is 26.2 Å². The monoisotopic (exact) mass is 1030 g/mol. The lowest BCUT2D eigenvalue weighted by atomic mass is 9.78. The van der Waals surface area contributed by atoms with Crippen LogP contribution in [-0.4, -0.2) is 161 Å². The molecule has 1 aromatic carbocycles. The summed E-state index contributed by atoms with van der Waals surface area (Å²) in [6.07, 6.45) is 2.75. The van der Waals surface area contributed by atoms with Gasteiger partial charge in [-0.25, -0.2) is 4.79 Å². The van der Waals surface area contributed by atoms with E-state index >= 15 is 0 Å². The quantitative estimate of drug-likeness (QED) is 0.0547. The molecule has 2 aliphatic rings. The Morgan fingerprint density at radius 2 is 1.54 bits per heavy atom. The fourth-order valence-electron chi connectivity index (χ4n) is 10.1. The largest absolute Gasteiger partial charge is 0.442 e. The molecule has 408 valence electrons. The number of benzene rings is 1. The Balaban J connectivity index is 1.74. The van der Waals surface area contributed by atoms with Crippen LogP contribution in [0.1, 0.15) is 125 Å². The fourth-order valence-corrected chi connectivity index (χ4v) is 10.5. The first-order valence-electron chi connectivity index (χ1n) is 25.6. The molecule has 1 fully saturated rings. The van der Waals surface area contributed by atoms with Crippen molar-refractivity contribution in [3.8, 4) is 0 Å². The third-order valence-corrected chi connectivity index (χ3v) is 15.6. The summed E-state index contributed by atoms with van der Waals surface area (Å²) in [7, 11) is 1.85. The van der Waals surface area contributed by atoms with Gasteiger partial charge in [0.1, 0.15) is 18.2 Å². The first-order valence-corrected chi connectivity index (χ1v) is 27.4. The molecular weight excluding hydrogens is 948 g/mol. The molecule has 6 amide bonds. The second-order valence-electron chi connectivity index (χ2n) is 20.9. The van der Waals surface area contributed by atoms with Crippen LogP contribution in [0.2, 0.25) is 0 Å². The van der Waals surface area contributed by atoms with Crippen LogP contribution in [0.5, 0.6) is 0 Å². The summed E-state index contributed by atoms with van der Waals surface area (Å²) in [5.74, 6) is -3.45. The summed E-state index contributed by atoms with van der Waals surface area (Å²) >= 11 is 0. The number of allylic oxidation sites excluding steroid dienone is 1. The third kappa shape index (κ3) is 17.1. The molecule has 1 heterocycles. The van der Waals surface area contributed by atoms with E-state index in [9.17, 15) is 48.2 Å². The minimum Gasteiger partial charge on any atom is -0.442 e. The van der Waals surface area contributed by atoms with Gasteiger partial charge in [-0.3, -0.25) is 33.4 Å². The van der Waals surface area contributed by atoms with E-state index in [-0.39, 0.29) is 43.0 Å². The summed E-state index contributed by atoms with van der Waals surface area (Å²) < 4.78 is 29.2. The molecule has 1 aliphatic heterocycles. The van der Waals surface area contributed by atoms with Gasteiger partial charge in [-0.05, 0) is 74.8 Å². The van der Waals surface area contributed by atoms with Gasteiger partial charge in [0.15, 0.2) is 0 Å². The summed E-state index contributed by atoms with van der Waals surface area (Å²) in [6, 6.07) is 5.41. The van der Waals surface area contributed by atoms with Gasteiger partial charge in [0, 0.05) is 46.8 Å². The maximum Gasteiger partial charge on any atom is 0.410 e. The Bertz CT molecular complexity index is 2020. The zero-order chi connectivity index (χ0) is 54.2. The highest BCUT2D eigenvalue weighted by Crippen LogP contribution is 2.36. The van der Waals surface area contributed by atoms with Crippen LogP contribution < -0.4 is 16.0 Å². The Hall–Kier alpha value is -4.39. The minimum atomic E-state index is -4.29. The first kappa shape index (κ1) is 61.9. The van der Waals surface area contributed by atoms with Crippen molar-refractivity contribution in [1.82, 2.24) is 30.7 Å². The topological polar surface area (TPSA) is 254 Å². The Labute approximate surface area is 428 Å². The van der Waals surface area contributed by atoms with E-state index in [0.29, 0.717) is 50.6 Å². The molecule has 6 N–H and O–H groups in total. The number of ether oxygens (including phenoxy) is 3. The highest BCUT2D eigenvalue weighted by atomic mass is 31.2. The zero-order valence-corrected chi connectivity index (χ0v) is 45.9. The van der Waals surface area contributed by atoms with E-state index in [1.807, 2.05) is 52.0 Å². The number of likely N-dealkylation sites (N-methyl/N-ethyl adjacent to an activating group) is 2. The summed E-state index contributed by atoms with van der Waals surface area (Å²) in [6.45, 7) is 16.7. The van der Waals surface area contributed by atoms with Gasteiger partial charge >= 0.3 is 13.7 Å². The van der Waals surface area contributed by atoms with Crippen LogP contribution in [0, 0.1) is 29.1 Å². The van der Waals surface area contributed by atoms with E-state index in [0.717, 1.165) is 0 Å². The number of aliphatic hydroxyl groups is 1. The van der Waals surface area contributed by atoms with Crippen molar-refractivity contribution in [1.29, 1.82) is 0 Å². The lowest BCUT2D eigenvalue weighted by molar-refractivity contribution is -0.148. The molecule has 12 atom stereocenters. The van der Waals surface area contributed by atoms with E-state index in [4.69, 9.17) is 14.2 Å². The van der Waals surface area contributed by atoms with Crippen molar-refractivity contribution < 1.29 is 62.4 Å². The fraction of sp³-hybridized carbons (Fsp3) is 0.731. The van der Waals surface area contributed by atoms with Crippen molar-refractivity contribution >= 4 is 43.2 Å². The van der Waals surface area contributed by atoms with Gasteiger partial charge < -0.3 is 54.9 Å². The van der Waals surface area contributed by atoms with Gasteiger partial charge in [-0.2, -0.15) is 0 Å². The number of methoxy groups -OCH3 is 2. The lowest BCUT2D eigenvalue weighted by Crippen LogP contribution is -2.60. The maximum atomic E-state index is 14.7. The zero-order valence-electron chi connectivity index (χ0n) is 45.0. The molecule has 3 rings (SSSR count). The summed E-state index contributed by atoms with van der Waals surface area (Å²) in [5.41, 5.74) is -0.203. The highest BCUT2D eigenvalue weighted by molar-refractivity contribution is 7.51. The molecule has 0 aromatic heterocycles. The summed E-state index contributed by atoms with van der Waals surface area (Å²) in [4.78, 5) is 107. The number of likely N-dealkylation sites (tertiary alicyclic amines) is 1. The average molecular weight is 1040 g/mol. The summed E-state index contributed by atoms with van der Waals surface area (Å²) in [5, 5.41) is 19.4. The molecule has 0 unspecified atom stereocenters. The van der Waals surface area contributed by atoms with Crippen molar-refractivity contribution in [3.05, 3.63) is 48.0 Å². The number of hydrogen-bond acceptors (Lipinski definition) is 11. The normalized spacial score (nSPS) is 22.7. The number of rotatable bonds is 25. The molecule has 0 radical (unpaired) electrons. The lowest BCUT2D eigenvalue weighted by Gasteiger charge is -2.41. The number of amides is 6. The van der Waals surface area contributed by atoms with Crippen molar-refractivity contribution in [3.63, 3.8) is 0 Å². The Kier molecular flexibility index (Phi) is 24.4. The predicted octanol–water partition coefficient (Wildman–Crippen LogP) is 5.18. The Morgan fingerprint density at radius 1 is 0.889 bits per heavy atom. The highest BCUT2D eigenvalue weighted by Gasteiger charge is 2.44. The van der Waals surface area contributed by atoms with Crippen LogP contribution in [0.3, 0.4) is 0 Å². The average Bonchev–Trinajstić information content (AvgIpc) is 3.81. The van der Waals surface area contributed by atoms with Crippen LogP contribution in [0.4, 0.5) is 4.79 Å². The Morgan fingerprint density at radius 3 is 2.11 bits per heavy atom. The second-order valence-corrected chi connectivity index (χ2v) is 22.7. The number of aliphatic hydroxyl groups excluding tert-OH is 1. The molecule has 20 heteroatoms. The van der Waals surface area contributed by atoms with E-state index in [2.05, 4.69) is 16.0 Å². The molecule has 1 aliphatic carbocycles. The number of hydrogen-bond donors (Lipinski definition) is 6. The number of carbonyl (C=O) groups is 6. The van der Waals surface area contributed by atoms with Gasteiger partial charge in [0.2, 0.25) is 29.5 Å². The molecule has 0 saturated carbocycles. The van der Waals surface area contributed by atoms with E-state index < -0.39 is 109 Å². The van der Waals surface area contributed by atoms with Crippen LogP contribution in [0.25, 0.3) is 0 Å². The van der Waals surface area contributed by atoms with Gasteiger partial charge in [-0.15, -0.1) is 0 Å². The van der Waals surface area contributed by atoms with Crippen LogP contribution >= 0.6 is 7.60 Å². The number of carbonyl (C=O) groups excluding carboxylic acids is 6. The van der Waals surface area contributed by atoms with Gasteiger partial charge in [0.05, 0.1) is 54.9 Å². The molecule has 19 nitrogen and oxygen atoms in total. The van der Waals surface area contributed by atoms with Gasteiger partial charge in [0.25, 0.3) is 0 Å². The molecular formula is C52H87N6O13P. The predicted molar refractivity (Wildman–Crippen MR) is 274 cm³/mol. The maximum absolute atomic E-state index is 14.7. The van der Waals surface area contributed by atoms with Gasteiger partial charge in [-0.1, -0.05) is 98.2 Å². The van der Waals surface area contributed by atoms with Crippen molar-refractivity contribution in [2.24, 2.45) is 29.1 Å². The van der Waals surface area contributed by atoms with Crippen molar-refractivity contribution in [2.75, 3.05) is 47.6 Å².